The van der Waals surface area contributed by atoms with Crippen molar-refractivity contribution in [2.45, 2.75) is 32.1 Å². The van der Waals surface area contributed by atoms with Crippen LogP contribution in [0, 0.1) is 0 Å². The Bertz CT molecular complexity index is 236. The minimum atomic E-state index is -2.52. The highest BCUT2D eigenvalue weighted by atomic mass is 19.3. The van der Waals surface area contributed by atoms with Crippen molar-refractivity contribution in [3.05, 3.63) is 35.9 Å². The van der Waals surface area contributed by atoms with Crippen LogP contribution >= 0.6 is 0 Å². The Balaban J connectivity index is 2.29. The van der Waals surface area contributed by atoms with Crippen LogP contribution in [0.4, 0.5) is 8.78 Å². The SMILES string of the molecule is CC(F)(F)CCCc1ccccc1. The first kappa shape index (κ1) is 10.2. The van der Waals surface area contributed by atoms with E-state index >= 15 is 0 Å². The fourth-order valence-corrected chi connectivity index (χ4v) is 1.25. The molecule has 0 saturated carbocycles. The van der Waals surface area contributed by atoms with E-state index in [9.17, 15) is 8.78 Å². The minimum Gasteiger partial charge on any atom is -0.207 e. The molecule has 72 valence electrons. The van der Waals surface area contributed by atoms with Crippen LogP contribution in [0.3, 0.4) is 0 Å². The molecule has 0 N–H and O–H groups in total. The topological polar surface area (TPSA) is 0 Å². The van der Waals surface area contributed by atoms with E-state index in [1.165, 1.54) is 0 Å². The Morgan fingerprint density at radius 1 is 1.15 bits per heavy atom. The van der Waals surface area contributed by atoms with Gasteiger partial charge >= 0.3 is 0 Å². The van der Waals surface area contributed by atoms with E-state index in [2.05, 4.69) is 0 Å². The van der Waals surface area contributed by atoms with Gasteiger partial charge in [0.25, 0.3) is 0 Å². The summed E-state index contributed by atoms with van der Waals surface area (Å²) in [5.41, 5.74) is 1.13. The van der Waals surface area contributed by atoms with Crippen molar-refractivity contribution in [1.82, 2.24) is 0 Å². The lowest BCUT2D eigenvalue weighted by atomic mass is 10.1. The quantitative estimate of drug-likeness (QED) is 0.669. The van der Waals surface area contributed by atoms with Gasteiger partial charge < -0.3 is 0 Å². The van der Waals surface area contributed by atoms with E-state index in [0.717, 1.165) is 18.9 Å². The van der Waals surface area contributed by atoms with Crippen molar-refractivity contribution in [1.29, 1.82) is 0 Å². The molecule has 0 amide bonds. The fraction of sp³-hybridized carbons (Fsp3) is 0.455. The summed E-state index contributed by atoms with van der Waals surface area (Å²) in [5.74, 6) is -2.52. The van der Waals surface area contributed by atoms with E-state index in [1.54, 1.807) is 0 Å². The molecule has 0 aliphatic heterocycles. The van der Waals surface area contributed by atoms with Crippen LogP contribution in [0.25, 0.3) is 0 Å². The van der Waals surface area contributed by atoms with Crippen molar-refractivity contribution in [2.75, 3.05) is 0 Å². The smallest absolute Gasteiger partial charge is 0.207 e. The number of halogens is 2. The Labute approximate surface area is 77.6 Å². The molecule has 1 rings (SSSR count). The zero-order valence-electron chi connectivity index (χ0n) is 7.76. The number of hydrogen-bond donors (Lipinski definition) is 0. The molecular weight excluding hydrogens is 170 g/mol. The summed E-state index contributed by atoms with van der Waals surface area (Å²) in [6.07, 6.45) is 1.26. The standard InChI is InChI=1S/C11H14F2/c1-11(12,13)9-5-8-10-6-3-2-4-7-10/h2-4,6-7H,5,8-9H2,1H3. The average Bonchev–Trinajstić information content (AvgIpc) is 2.04. The highest BCUT2D eigenvalue weighted by Crippen LogP contribution is 2.19. The van der Waals surface area contributed by atoms with Gasteiger partial charge in [-0.1, -0.05) is 30.3 Å². The second-order valence-corrected chi connectivity index (χ2v) is 3.41. The number of hydrogen-bond acceptors (Lipinski definition) is 0. The number of benzene rings is 1. The molecule has 13 heavy (non-hydrogen) atoms. The molecule has 0 aliphatic rings. The van der Waals surface area contributed by atoms with Gasteiger partial charge in [-0.3, -0.25) is 0 Å². The van der Waals surface area contributed by atoms with Crippen molar-refractivity contribution in [3.8, 4) is 0 Å². The third kappa shape index (κ3) is 4.61. The molecule has 0 spiro atoms. The van der Waals surface area contributed by atoms with E-state index in [0.29, 0.717) is 6.42 Å². The Hall–Kier alpha value is -0.920. The molecule has 2 heteroatoms. The molecule has 0 aliphatic carbocycles. The van der Waals surface area contributed by atoms with E-state index in [-0.39, 0.29) is 6.42 Å². The van der Waals surface area contributed by atoms with Crippen molar-refractivity contribution < 1.29 is 8.78 Å². The lowest BCUT2D eigenvalue weighted by molar-refractivity contribution is 0.0111. The maximum absolute atomic E-state index is 12.4. The molecular formula is C11H14F2. The minimum absolute atomic E-state index is 0.0259. The normalized spacial score (nSPS) is 11.6. The van der Waals surface area contributed by atoms with Crippen LogP contribution in [0.15, 0.2) is 30.3 Å². The second-order valence-electron chi connectivity index (χ2n) is 3.41. The van der Waals surface area contributed by atoms with Gasteiger partial charge in [-0.05, 0) is 25.3 Å². The van der Waals surface area contributed by atoms with Crippen LogP contribution in [0.5, 0.6) is 0 Å². The predicted molar refractivity (Wildman–Crippen MR) is 50.0 cm³/mol. The first-order valence-electron chi connectivity index (χ1n) is 4.50. The fourth-order valence-electron chi connectivity index (χ4n) is 1.25. The molecule has 0 fully saturated rings. The molecule has 0 saturated heterocycles. The maximum atomic E-state index is 12.4. The summed E-state index contributed by atoms with van der Waals surface area (Å²) in [4.78, 5) is 0. The Kier molecular flexibility index (Phi) is 3.40. The molecule has 0 bridgehead atoms. The lowest BCUT2D eigenvalue weighted by Gasteiger charge is -2.08. The number of aryl methyl sites for hydroxylation is 1. The largest absolute Gasteiger partial charge is 0.245 e. The van der Waals surface area contributed by atoms with E-state index in [4.69, 9.17) is 0 Å². The van der Waals surface area contributed by atoms with Gasteiger partial charge in [0.2, 0.25) is 5.92 Å². The van der Waals surface area contributed by atoms with Crippen LogP contribution in [0.1, 0.15) is 25.3 Å². The molecule has 0 aromatic heterocycles. The summed E-state index contributed by atoms with van der Waals surface area (Å²) >= 11 is 0. The van der Waals surface area contributed by atoms with Crippen LogP contribution in [0.2, 0.25) is 0 Å². The summed E-state index contributed by atoms with van der Waals surface area (Å²) in [6, 6.07) is 9.72. The number of rotatable bonds is 4. The summed E-state index contributed by atoms with van der Waals surface area (Å²) in [7, 11) is 0. The highest BCUT2D eigenvalue weighted by Gasteiger charge is 2.19. The molecule has 0 nitrogen and oxygen atoms in total. The zero-order valence-corrected chi connectivity index (χ0v) is 7.76. The van der Waals surface area contributed by atoms with E-state index < -0.39 is 5.92 Å². The van der Waals surface area contributed by atoms with Gasteiger partial charge in [0, 0.05) is 6.42 Å². The van der Waals surface area contributed by atoms with Crippen LogP contribution in [-0.4, -0.2) is 5.92 Å². The maximum Gasteiger partial charge on any atom is 0.245 e. The lowest BCUT2D eigenvalue weighted by Crippen LogP contribution is -2.09. The highest BCUT2D eigenvalue weighted by molar-refractivity contribution is 5.14. The van der Waals surface area contributed by atoms with Crippen molar-refractivity contribution in [3.63, 3.8) is 0 Å². The van der Waals surface area contributed by atoms with Crippen molar-refractivity contribution >= 4 is 0 Å². The molecule has 0 unspecified atom stereocenters. The first-order chi connectivity index (χ1) is 6.08. The molecule has 1 aromatic carbocycles. The third-order valence-electron chi connectivity index (χ3n) is 1.92. The summed E-state index contributed by atoms with van der Waals surface area (Å²) in [5, 5.41) is 0. The summed E-state index contributed by atoms with van der Waals surface area (Å²) in [6.45, 7) is 0.970. The van der Waals surface area contributed by atoms with Gasteiger partial charge in [-0.25, -0.2) is 8.78 Å². The van der Waals surface area contributed by atoms with Crippen LogP contribution in [-0.2, 0) is 6.42 Å². The van der Waals surface area contributed by atoms with Gasteiger partial charge in [0.05, 0.1) is 0 Å². The predicted octanol–water partition coefficient (Wildman–Crippen LogP) is 3.66. The Morgan fingerprint density at radius 2 is 1.77 bits per heavy atom. The van der Waals surface area contributed by atoms with Gasteiger partial charge in [0.15, 0.2) is 0 Å². The average molecular weight is 184 g/mol. The van der Waals surface area contributed by atoms with Gasteiger partial charge in [0.1, 0.15) is 0 Å². The second kappa shape index (κ2) is 4.35. The van der Waals surface area contributed by atoms with Gasteiger partial charge in [-0.2, -0.15) is 0 Å². The van der Waals surface area contributed by atoms with E-state index in [1.807, 2.05) is 30.3 Å². The first-order valence-corrected chi connectivity index (χ1v) is 4.50. The molecule has 0 atom stereocenters. The number of alkyl halides is 2. The third-order valence-corrected chi connectivity index (χ3v) is 1.92. The molecule has 0 radical (unpaired) electrons. The van der Waals surface area contributed by atoms with Crippen LogP contribution < -0.4 is 0 Å². The Morgan fingerprint density at radius 3 is 2.31 bits per heavy atom. The summed E-state index contributed by atoms with van der Waals surface area (Å²) < 4.78 is 24.9. The zero-order chi connectivity index (χ0) is 9.73. The van der Waals surface area contributed by atoms with Gasteiger partial charge in [-0.15, -0.1) is 0 Å². The molecule has 0 heterocycles. The van der Waals surface area contributed by atoms with Crippen molar-refractivity contribution in [2.24, 2.45) is 0 Å². The monoisotopic (exact) mass is 184 g/mol. The molecule has 1 aromatic rings.